The van der Waals surface area contributed by atoms with Crippen LogP contribution in [0.2, 0.25) is 0 Å². The van der Waals surface area contributed by atoms with Gasteiger partial charge in [0.25, 0.3) is 0 Å². The number of halogens is 1. The van der Waals surface area contributed by atoms with Gasteiger partial charge in [-0.3, -0.25) is 0 Å². The van der Waals surface area contributed by atoms with Crippen molar-refractivity contribution in [2.24, 2.45) is 0 Å². The Labute approximate surface area is 163 Å². The van der Waals surface area contributed by atoms with Gasteiger partial charge in [-0.1, -0.05) is 25.6 Å². The molecule has 3 aromatic rings. The van der Waals surface area contributed by atoms with Gasteiger partial charge in [0.15, 0.2) is 0 Å². The average Bonchev–Trinajstić information content (AvgIpc) is 3.08. The maximum absolute atomic E-state index is 11.8. The van der Waals surface area contributed by atoms with Crippen LogP contribution < -0.4 is 10.5 Å². The van der Waals surface area contributed by atoms with E-state index in [-0.39, 0.29) is 14.0 Å². The van der Waals surface area contributed by atoms with E-state index < -0.39 is 6.67 Å². The predicted octanol–water partition coefficient (Wildman–Crippen LogP) is 5.17. The van der Waals surface area contributed by atoms with Crippen molar-refractivity contribution in [2.75, 3.05) is 45.4 Å². The lowest BCUT2D eigenvalue weighted by atomic mass is 10.0. The molecule has 0 aliphatic rings. The van der Waals surface area contributed by atoms with E-state index >= 15 is 0 Å². The molecule has 2 N–H and O–H groups in total. The van der Waals surface area contributed by atoms with Crippen LogP contribution in [-0.2, 0) is 9.47 Å². The highest BCUT2D eigenvalue weighted by molar-refractivity contribution is 7.17. The number of nitrogens with two attached hydrogens (primary N) is 1. The van der Waals surface area contributed by atoms with E-state index in [0.29, 0.717) is 37.9 Å². The van der Waals surface area contributed by atoms with Gasteiger partial charge in [0.2, 0.25) is 0 Å². The molecule has 0 spiro atoms. The minimum Gasteiger partial charge on any atom is -0.491 e. The van der Waals surface area contributed by atoms with Gasteiger partial charge >= 0.3 is 0 Å². The zero-order valence-electron chi connectivity index (χ0n) is 14.4. The number of fused-ring (bicyclic) bond motifs is 1. The Hall–Kier alpha value is -2.15. The predicted molar refractivity (Wildman–Crippen MR) is 112 cm³/mol. The third-order valence-corrected chi connectivity index (χ3v) is 4.85. The first-order valence-electron chi connectivity index (χ1n) is 8.50. The lowest BCUT2D eigenvalue weighted by molar-refractivity contribution is 0.0325. The number of benzene rings is 2. The Morgan fingerprint density at radius 2 is 1.63 bits per heavy atom. The van der Waals surface area contributed by atoms with Crippen molar-refractivity contribution in [1.82, 2.24) is 0 Å². The molecule has 0 aliphatic heterocycles. The number of thiophene rings is 1. The zero-order valence-corrected chi connectivity index (χ0v) is 15.3. The summed E-state index contributed by atoms with van der Waals surface area (Å²) < 4.78 is 29.1. The van der Waals surface area contributed by atoms with Crippen LogP contribution in [0.1, 0.15) is 7.43 Å². The van der Waals surface area contributed by atoms with Crippen molar-refractivity contribution < 1.29 is 18.6 Å². The highest BCUT2D eigenvalue weighted by atomic mass is 32.1. The molecule has 1 heterocycles. The standard InChI is InChI=1S/C20H22FNO3S.CH4/c21-7-8-23-9-10-24-11-12-25-15-5-6-16(19(22)13-15)18-14-26-20-4-2-1-3-17(18)20;/h1-6,13-14H,7-12,22H2;1H4. The second-order valence-electron chi connectivity index (χ2n) is 5.66. The number of rotatable bonds is 10. The van der Waals surface area contributed by atoms with Gasteiger partial charge in [0.05, 0.1) is 26.4 Å². The Kier molecular flexibility index (Phi) is 8.51. The normalized spacial score (nSPS) is 10.7. The lowest BCUT2D eigenvalue weighted by Crippen LogP contribution is -2.11. The van der Waals surface area contributed by atoms with Gasteiger partial charge in [-0.05, 0) is 23.6 Å². The Balaban J connectivity index is 0.00000261. The van der Waals surface area contributed by atoms with Crippen LogP contribution in [0.3, 0.4) is 0 Å². The monoisotopic (exact) mass is 391 g/mol. The van der Waals surface area contributed by atoms with E-state index in [4.69, 9.17) is 19.9 Å². The average molecular weight is 392 g/mol. The van der Waals surface area contributed by atoms with Crippen LogP contribution in [0.4, 0.5) is 10.1 Å². The summed E-state index contributed by atoms with van der Waals surface area (Å²) >= 11 is 1.71. The Morgan fingerprint density at radius 3 is 2.41 bits per heavy atom. The summed E-state index contributed by atoms with van der Waals surface area (Å²) in [7, 11) is 0. The first kappa shape index (κ1) is 21.2. The van der Waals surface area contributed by atoms with Crippen molar-refractivity contribution in [3.63, 3.8) is 0 Å². The van der Waals surface area contributed by atoms with E-state index in [0.717, 1.165) is 11.1 Å². The molecular weight excluding hydrogens is 365 g/mol. The molecule has 6 heteroatoms. The number of alkyl halides is 1. The van der Waals surface area contributed by atoms with Crippen molar-refractivity contribution in [2.45, 2.75) is 7.43 Å². The van der Waals surface area contributed by atoms with Crippen molar-refractivity contribution in [1.29, 1.82) is 0 Å². The Morgan fingerprint density at radius 1 is 0.889 bits per heavy atom. The third-order valence-electron chi connectivity index (χ3n) is 3.88. The molecular formula is C21H26FNO3S. The summed E-state index contributed by atoms with van der Waals surface area (Å²) in [6.45, 7) is 1.32. The molecule has 1 aromatic heterocycles. The van der Waals surface area contributed by atoms with E-state index in [1.807, 2.05) is 30.3 Å². The molecule has 0 aliphatic carbocycles. The van der Waals surface area contributed by atoms with Gasteiger partial charge in [-0.15, -0.1) is 11.3 Å². The number of ether oxygens (including phenoxy) is 3. The molecule has 0 atom stereocenters. The summed E-state index contributed by atoms with van der Waals surface area (Å²) in [5.41, 5.74) is 9.09. The number of nitrogen functional groups attached to an aromatic ring is 1. The fraction of sp³-hybridized carbons (Fsp3) is 0.333. The van der Waals surface area contributed by atoms with Crippen molar-refractivity contribution in [3.05, 3.63) is 47.8 Å². The largest absolute Gasteiger partial charge is 0.491 e. The molecule has 27 heavy (non-hydrogen) atoms. The van der Waals surface area contributed by atoms with Crippen molar-refractivity contribution >= 4 is 27.1 Å². The van der Waals surface area contributed by atoms with E-state index in [2.05, 4.69) is 17.5 Å². The van der Waals surface area contributed by atoms with Crippen LogP contribution >= 0.6 is 11.3 Å². The van der Waals surface area contributed by atoms with E-state index in [1.54, 1.807) is 11.3 Å². The first-order valence-corrected chi connectivity index (χ1v) is 9.38. The van der Waals surface area contributed by atoms with Crippen molar-refractivity contribution in [3.8, 4) is 16.9 Å². The molecule has 3 rings (SSSR count). The third kappa shape index (κ3) is 5.66. The molecule has 0 radical (unpaired) electrons. The quantitative estimate of drug-likeness (QED) is 0.383. The summed E-state index contributed by atoms with van der Waals surface area (Å²) in [6.07, 6.45) is 0. The molecule has 0 amide bonds. The summed E-state index contributed by atoms with van der Waals surface area (Å²) in [5.74, 6) is 0.711. The minimum absolute atomic E-state index is 0. The second kappa shape index (κ2) is 10.9. The fourth-order valence-corrected chi connectivity index (χ4v) is 3.62. The summed E-state index contributed by atoms with van der Waals surface area (Å²) in [6, 6.07) is 14.0. The van der Waals surface area contributed by atoms with Gasteiger partial charge in [0.1, 0.15) is 19.0 Å². The zero-order chi connectivity index (χ0) is 18.2. The van der Waals surface area contributed by atoms with Crippen LogP contribution in [0.5, 0.6) is 5.75 Å². The van der Waals surface area contributed by atoms with Gasteiger partial charge in [-0.2, -0.15) is 0 Å². The molecule has 2 aromatic carbocycles. The lowest BCUT2D eigenvalue weighted by Gasteiger charge is -2.10. The fourth-order valence-electron chi connectivity index (χ4n) is 2.66. The van der Waals surface area contributed by atoms with Crippen LogP contribution in [0.15, 0.2) is 47.8 Å². The molecule has 4 nitrogen and oxygen atoms in total. The molecule has 0 saturated heterocycles. The molecule has 0 bridgehead atoms. The molecule has 146 valence electrons. The molecule has 0 fully saturated rings. The SMILES string of the molecule is C.Nc1cc(OCCOCCOCCF)ccc1-c1csc2ccccc12. The van der Waals surface area contributed by atoms with E-state index in [1.165, 1.54) is 10.1 Å². The maximum atomic E-state index is 11.8. The topological polar surface area (TPSA) is 53.7 Å². The minimum atomic E-state index is -0.471. The van der Waals surface area contributed by atoms with Crippen LogP contribution in [0.25, 0.3) is 21.2 Å². The number of anilines is 1. The highest BCUT2D eigenvalue weighted by Crippen LogP contribution is 2.37. The smallest absolute Gasteiger partial charge is 0.121 e. The van der Waals surface area contributed by atoms with Gasteiger partial charge in [-0.25, -0.2) is 4.39 Å². The molecule has 0 unspecified atom stereocenters. The highest BCUT2D eigenvalue weighted by Gasteiger charge is 2.10. The number of hydrogen-bond acceptors (Lipinski definition) is 5. The first-order chi connectivity index (χ1) is 12.8. The van der Waals surface area contributed by atoms with Gasteiger partial charge in [0, 0.05) is 33.0 Å². The van der Waals surface area contributed by atoms with Crippen LogP contribution in [0, 0.1) is 0 Å². The maximum Gasteiger partial charge on any atom is 0.121 e. The molecule has 0 saturated carbocycles. The summed E-state index contributed by atoms with van der Waals surface area (Å²) in [5, 5.41) is 3.34. The van der Waals surface area contributed by atoms with Crippen LogP contribution in [-0.4, -0.2) is 39.7 Å². The number of hydrogen-bond donors (Lipinski definition) is 1. The van der Waals surface area contributed by atoms with E-state index in [9.17, 15) is 4.39 Å². The Bertz CT molecular complexity index is 837. The summed E-state index contributed by atoms with van der Waals surface area (Å²) in [4.78, 5) is 0. The second-order valence-corrected chi connectivity index (χ2v) is 6.57. The van der Waals surface area contributed by atoms with Gasteiger partial charge < -0.3 is 19.9 Å².